The Kier molecular flexibility index (Phi) is 13.4. The first-order valence-electron chi connectivity index (χ1n) is 14.1. The number of nitrogens with zero attached hydrogens (tertiary/aromatic N) is 2. The van der Waals surface area contributed by atoms with Crippen molar-refractivity contribution in [1.82, 2.24) is 14.5 Å². The van der Waals surface area contributed by atoms with Gasteiger partial charge in [0.25, 0.3) is 5.56 Å². The molecule has 1 amide bonds. The fourth-order valence-corrected chi connectivity index (χ4v) is 5.97. The van der Waals surface area contributed by atoms with Crippen LogP contribution in [-0.2, 0) is 46.0 Å². The minimum absolute atomic E-state index is 0.0656. The van der Waals surface area contributed by atoms with Gasteiger partial charge in [0.2, 0.25) is 0 Å². The van der Waals surface area contributed by atoms with Crippen LogP contribution in [-0.4, -0.2) is 63.5 Å². The summed E-state index contributed by atoms with van der Waals surface area (Å²) in [5.41, 5.74) is -1.12. The number of benzene rings is 1. The van der Waals surface area contributed by atoms with E-state index in [9.17, 15) is 28.6 Å². The van der Waals surface area contributed by atoms with Crippen LogP contribution in [0.4, 0.5) is 4.79 Å². The number of amides is 1. The van der Waals surface area contributed by atoms with Gasteiger partial charge in [-0.25, -0.2) is 18.7 Å². The van der Waals surface area contributed by atoms with Crippen LogP contribution >= 0.6 is 19.6 Å². The Morgan fingerprint density at radius 2 is 1.91 bits per heavy atom. The molecule has 4 atom stereocenters. The number of phosphoric ester groups is 1. The lowest BCUT2D eigenvalue weighted by Crippen LogP contribution is -2.41. The van der Waals surface area contributed by atoms with Gasteiger partial charge in [-0.1, -0.05) is 62.9 Å². The Labute approximate surface area is 259 Å². The van der Waals surface area contributed by atoms with Crippen LogP contribution < -0.4 is 16.6 Å². The normalized spacial score (nSPS) is 19.8. The van der Waals surface area contributed by atoms with E-state index >= 15 is 0 Å². The Morgan fingerprint density at radius 3 is 2.61 bits per heavy atom. The second-order valence-electron chi connectivity index (χ2n) is 10.8. The fourth-order valence-electron chi connectivity index (χ4n) is 4.28. The lowest BCUT2D eigenvalue weighted by atomic mass is 9.96. The monoisotopic (exact) mass is 657 g/mol. The van der Waals surface area contributed by atoms with Gasteiger partial charge in [-0.15, -0.1) is 0 Å². The number of phosphoric acid groups is 1. The quantitative estimate of drug-likeness (QED) is 0.200. The number of carbonyl (C=O) groups excluding carboxylic acids is 2. The highest BCUT2D eigenvalue weighted by molar-refractivity contribution is 8.13. The molecule has 1 aromatic heterocycles. The van der Waals surface area contributed by atoms with E-state index in [0.29, 0.717) is 6.42 Å². The second-order valence-corrected chi connectivity index (χ2v) is 13.3. The molecule has 16 heteroatoms. The van der Waals surface area contributed by atoms with E-state index in [4.69, 9.17) is 23.3 Å². The second kappa shape index (κ2) is 16.5. The van der Waals surface area contributed by atoms with Crippen molar-refractivity contribution >= 4 is 30.8 Å². The summed E-state index contributed by atoms with van der Waals surface area (Å²) in [4.78, 5) is 59.6. The van der Waals surface area contributed by atoms with Gasteiger partial charge in [-0.2, -0.15) is 0 Å². The maximum Gasteiger partial charge on any atom is 0.472 e. The highest BCUT2D eigenvalue weighted by atomic mass is 32.2. The van der Waals surface area contributed by atoms with Gasteiger partial charge >= 0.3 is 19.6 Å². The van der Waals surface area contributed by atoms with Crippen molar-refractivity contribution in [2.24, 2.45) is 11.3 Å². The summed E-state index contributed by atoms with van der Waals surface area (Å²) < 4.78 is 41.1. The van der Waals surface area contributed by atoms with Crippen molar-refractivity contribution < 1.29 is 42.3 Å². The summed E-state index contributed by atoms with van der Waals surface area (Å²) >= 11 is 0.904. The summed E-state index contributed by atoms with van der Waals surface area (Å²) in [5, 5.41) is 2.28. The van der Waals surface area contributed by atoms with Gasteiger partial charge in [0.05, 0.1) is 37.9 Å². The van der Waals surface area contributed by atoms with Crippen LogP contribution in [0.25, 0.3) is 0 Å². The van der Waals surface area contributed by atoms with Crippen LogP contribution in [0.2, 0.25) is 0 Å². The van der Waals surface area contributed by atoms with Crippen LogP contribution in [0.15, 0.2) is 52.2 Å². The van der Waals surface area contributed by atoms with Gasteiger partial charge in [0.15, 0.2) is 5.12 Å². The van der Waals surface area contributed by atoms with Crippen molar-refractivity contribution in [1.29, 1.82) is 0 Å². The molecule has 44 heavy (non-hydrogen) atoms. The Morgan fingerprint density at radius 1 is 1.18 bits per heavy atom. The lowest BCUT2D eigenvalue weighted by Gasteiger charge is -2.22. The van der Waals surface area contributed by atoms with Crippen molar-refractivity contribution in [3.63, 3.8) is 0 Å². The Balaban J connectivity index is 1.45. The molecule has 2 aromatic rings. The molecule has 1 saturated heterocycles. The van der Waals surface area contributed by atoms with Crippen LogP contribution in [0.1, 0.15) is 45.9 Å². The molecule has 2 N–H and O–H groups in total. The summed E-state index contributed by atoms with van der Waals surface area (Å²) in [6.07, 6.45) is -0.201. The van der Waals surface area contributed by atoms with Gasteiger partial charge < -0.3 is 24.4 Å². The van der Waals surface area contributed by atoms with E-state index in [1.807, 2.05) is 37.3 Å². The fraction of sp³-hybridized carbons (Fsp3) is 0.571. The molecule has 1 aliphatic heterocycles. The van der Waals surface area contributed by atoms with E-state index in [-0.39, 0.29) is 56.5 Å². The molecule has 1 aromatic carbocycles. The zero-order valence-corrected chi connectivity index (χ0v) is 26.9. The number of hydrogen-bond donors (Lipinski definition) is 2. The minimum Gasteiger partial charge on any atom is -0.450 e. The predicted octanol–water partition coefficient (Wildman–Crippen LogP) is 3.27. The first-order chi connectivity index (χ1) is 20.8. The van der Waals surface area contributed by atoms with E-state index in [0.717, 1.165) is 21.9 Å². The van der Waals surface area contributed by atoms with Crippen LogP contribution in [0.3, 0.4) is 0 Å². The molecule has 0 spiro atoms. The van der Waals surface area contributed by atoms with Crippen LogP contribution in [0.5, 0.6) is 0 Å². The average Bonchev–Trinajstić information content (AvgIpc) is 3.35. The van der Waals surface area contributed by atoms with Gasteiger partial charge in [-0.05, 0) is 18.9 Å². The third-order valence-corrected chi connectivity index (χ3v) is 8.82. The summed E-state index contributed by atoms with van der Waals surface area (Å²) in [6.45, 7) is 6.60. The number of rotatable bonds is 16. The maximum atomic E-state index is 13.1. The highest BCUT2D eigenvalue weighted by Gasteiger charge is 2.36. The number of carbonyl (C=O) groups is 2. The molecule has 0 aliphatic carbocycles. The number of ether oxygens (including phenoxy) is 3. The van der Waals surface area contributed by atoms with E-state index in [1.165, 1.54) is 16.8 Å². The number of thioether (sulfide) groups is 1. The highest BCUT2D eigenvalue weighted by Crippen LogP contribution is 2.45. The molecule has 1 aliphatic rings. The molecule has 2 heterocycles. The van der Waals surface area contributed by atoms with E-state index in [2.05, 4.69) is 5.32 Å². The topological polar surface area (TPSA) is 174 Å². The SMILES string of the molecule is CCOC(=O)NCC(C)(C)C(=O)SCCOP(=O)(O)OCC1CC(C)C(n2ccc(=O)n(COCc3ccccc3)c2=O)O1. The van der Waals surface area contributed by atoms with Crippen molar-refractivity contribution in [3.8, 4) is 0 Å². The third kappa shape index (κ3) is 10.7. The van der Waals surface area contributed by atoms with E-state index < -0.39 is 42.9 Å². The Hall–Kier alpha value is -2.78. The maximum absolute atomic E-state index is 13.1. The first-order valence-corrected chi connectivity index (χ1v) is 16.6. The molecule has 0 bridgehead atoms. The van der Waals surface area contributed by atoms with E-state index in [1.54, 1.807) is 20.8 Å². The molecular weight excluding hydrogens is 617 g/mol. The number of aromatic nitrogens is 2. The molecule has 244 valence electrons. The van der Waals surface area contributed by atoms with Gasteiger partial charge in [0, 0.05) is 30.5 Å². The van der Waals surface area contributed by atoms with Crippen molar-refractivity contribution in [2.45, 2.75) is 59.8 Å². The summed E-state index contributed by atoms with van der Waals surface area (Å²) in [5.74, 6) is -0.0944. The van der Waals surface area contributed by atoms with Gasteiger partial charge in [0.1, 0.15) is 13.0 Å². The minimum atomic E-state index is -4.46. The summed E-state index contributed by atoms with van der Waals surface area (Å²) in [6, 6.07) is 10.6. The van der Waals surface area contributed by atoms with Crippen LogP contribution in [0, 0.1) is 11.3 Å². The standard InChI is InChI=1S/C28H40N3O11PS/c1-5-39-26(34)29-18-28(3,4)25(33)44-14-13-40-43(36,37)41-17-22-15-20(2)24(42-22)30-12-11-23(32)31(27(30)35)19-38-16-21-9-7-6-8-10-21/h6-12,20,22,24H,5,13-19H2,1-4H3,(H,29,34)(H,36,37). The number of hydrogen-bond acceptors (Lipinski definition) is 11. The molecular formula is C28H40N3O11PS. The number of nitrogens with one attached hydrogen (secondary N) is 1. The largest absolute Gasteiger partial charge is 0.472 e. The molecule has 4 unspecified atom stereocenters. The average molecular weight is 658 g/mol. The molecule has 14 nitrogen and oxygen atoms in total. The molecule has 1 fully saturated rings. The zero-order valence-electron chi connectivity index (χ0n) is 25.2. The Bertz CT molecular complexity index is 1420. The lowest BCUT2D eigenvalue weighted by molar-refractivity contribution is -0.117. The zero-order chi connectivity index (χ0) is 32.3. The number of alkyl carbamates (subject to hydrolysis) is 1. The smallest absolute Gasteiger partial charge is 0.450 e. The molecule has 0 saturated carbocycles. The third-order valence-electron chi connectivity index (χ3n) is 6.65. The van der Waals surface area contributed by atoms with Gasteiger partial charge in [-0.3, -0.25) is 23.2 Å². The predicted molar refractivity (Wildman–Crippen MR) is 162 cm³/mol. The van der Waals surface area contributed by atoms with Crippen molar-refractivity contribution in [2.75, 3.05) is 32.1 Å². The molecule has 0 radical (unpaired) electrons. The molecule has 3 rings (SSSR count). The van der Waals surface area contributed by atoms with Crippen molar-refractivity contribution in [3.05, 3.63) is 69.0 Å². The first kappa shape index (κ1) is 35.7. The summed E-state index contributed by atoms with van der Waals surface area (Å²) in [7, 11) is -4.46.